The topological polar surface area (TPSA) is 77.6 Å². The van der Waals surface area contributed by atoms with Crippen molar-refractivity contribution in [3.63, 3.8) is 0 Å². The summed E-state index contributed by atoms with van der Waals surface area (Å²) in [6, 6.07) is 16.8. The lowest BCUT2D eigenvalue weighted by molar-refractivity contribution is 0.102. The molecule has 0 aliphatic heterocycles. The number of carbonyl (C=O) groups excluding carboxylic acids is 1. The highest BCUT2D eigenvalue weighted by molar-refractivity contribution is 6.30. The van der Waals surface area contributed by atoms with Crippen molar-refractivity contribution >= 4 is 34.2 Å². The Labute approximate surface area is 195 Å². The van der Waals surface area contributed by atoms with Crippen molar-refractivity contribution < 1.29 is 4.79 Å². The molecule has 2 aromatic carbocycles. The molecule has 0 fully saturated rings. The number of benzene rings is 2. The average molecular weight is 457 g/mol. The highest BCUT2D eigenvalue weighted by Gasteiger charge is 2.19. The van der Waals surface area contributed by atoms with Crippen molar-refractivity contribution in [2.75, 3.05) is 5.32 Å². The quantitative estimate of drug-likeness (QED) is 0.395. The van der Waals surface area contributed by atoms with Crippen LogP contribution in [0.3, 0.4) is 0 Å². The molecule has 5 aromatic rings. The summed E-state index contributed by atoms with van der Waals surface area (Å²) in [5, 5.41) is 8.87. The van der Waals surface area contributed by atoms with Crippen LogP contribution in [-0.2, 0) is 7.05 Å². The molecule has 0 spiro atoms. The van der Waals surface area contributed by atoms with Gasteiger partial charge in [-0.25, -0.2) is 9.97 Å². The van der Waals surface area contributed by atoms with E-state index in [-0.39, 0.29) is 5.91 Å². The van der Waals surface area contributed by atoms with Gasteiger partial charge in [-0.3, -0.25) is 9.48 Å². The molecule has 0 atom stereocenters. The minimum atomic E-state index is -0.222. The summed E-state index contributed by atoms with van der Waals surface area (Å²) in [7, 11) is 1.83. The maximum Gasteiger partial charge on any atom is 0.256 e. The first-order valence-corrected chi connectivity index (χ1v) is 10.8. The molecule has 3 aromatic heterocycles. The van der Waals surface area contributed by atoms with Gasteiger partial charge in [0.2, 0.25) is 0 Å². The molecule has 0 radical (unpaired) electrons. The van der Waals surface area contributed by atoms with Gasteiger partial charge in [0.05, 0.1) is 22.3 Å². The van der Waals surface area contributed by atoms with Crippen LogP contribution >= 0.6 is 11.6 Å². The highest BCUT2D eigenvalue weighted by Crippen LogP contribution is 2.28. The van der Waals surface area contributed by atoms with E-state index in [9.17, 15) is 4.79 Å². The lowest BCUT2D eigenvalue weighted by Gasteiger charge is -2.11. The summed E-state index contributed by atoms with van der Waals surface area (Å²) >= 11 is 6.04. The third-order valence-corrected chi connectivity index (χ3v) is 5.83. The summed E-state index contributed by atoms with van der Waals surface area (Å²) in [6.45, 7) is 3.82. The van der Waals surface area contributed by atoms with Crippen molar-refractivity contribution in [3.8, 4) is 16.9 Å². The second-order valence-corrected chi connectivity index (χ2v) is 8.25. The predicted octanol–water partition coefficient (Wildman–Crippen LogP) is 5.34. The van der Waals surface area contributed by atoms with Gasteiger partial charge in [-0.2, -0.15) is 5.10 Å². The van der Waals surface area contributed by atoms with Gasteiger partial charge in [-0.15, -0.1) is 0 Å². The van der Waals surface area contributed by atoms with Gasteiger partial charge >= 0.3 is 0 Å². The monoisotopic (exact) mass is 456 g/mol. The number of hydrogen-bond donors (Lipinski definition) is 1. The van der Waals surface area contributed by atoms with Crippen LogP contribution in [0.5, 0.6) is 0 Å². The predicted molar refractivity (Wildman–Crippen MR) is 130 cm³/mol. The Bertz CT molecular complexity index is 1480. The van der Waals surface area contributed by atoms with Crippen molar-refractivity contribution in [1.82, 2.24) is 24.3 Å². The Balaban J connectivity index is 1.52. The Kier molecular flexibility index (Phi) is 5.18. The van der Waals surface area contributed by atoms with Crippen LogP contribution in [0.2, 0.25) is 5.02 Å². The number of nitrogens with zero attached hydrogens (tertiary/aromatic N) is 5. The van der Waals surface area contributed by atoms with E-state index < -0.39 is 0 Å². The minimum Gasteiger partial charge on any atom is -0.322 e. The summed E-state index contributed by atoms with van der Waals surface area (Å²) in [6.07, 6.45) is 3.66. The fourth-order valence-electron chi connectivity index (χ4n) is 3.95. The average Bonchev–Trinajstić information content (AvgIpc) is 3.36. The zero-order chi connectivity index (χ0) is 23.1. The van der Waals surface area contributed by atoms with Crippen LogP contribution in [0.25, 0.3) is 28.0 Å². The molecule has 0 aliphatic rings. The van der Waals surface area contributed by atoms with Crippen molar-refractivity contribution in [1.29, 1.82) is 0 Å². The molecule has 7 nitrogen and oxygen atoms in total. The van der Waals surface area contributed by atoms with Crippen LogP contribution in [0.15, 0.2) is 67.0 Å². The second kappa shape index (κ2) is 8.18. The maximum atomic E-state index is 13.4. The zero-order valence-electron chi connectivity index (χ0n) is 18.4. The van der Waals surface area contributed by atoms with Crippen molar-refractivity contribution in [2.24, 2.45) is 7.05 Å². The number of anilines is 1. The van der Waals surface area contributed by atoms with E-state index in [2.05, 4.69) is 15.4 Å². The van der Waals surface area contributed by atoms with Gasteiger partial charge in [0.15, 0.2) is 5.65 Å². The van der Waals surface area contributed by atoms with Crippen LogP contribution in [0.1, 0.15) is 21.9 Å². The molecule has 1 N–H and O–H groups in total. The normalized spacial score (nSPS) is 11.2. The summed E-state index contributed by atoms with van der Waals surface area (Å²) in [5.41, 5.74) is 5.14. The van der Waals surface area contributed by atoms with Crippen molar-refractivity contribution in [3.05, 3.63) is 89.1 Å². The lowest BCUT2D eigenvalue weighted by atomic mass is 10.0. The van der Waals surface area contributed by atoms with Gasteiger partial charge in [0.25, 0.3) is 5.91 Å². The number of rotatable bonds is 4. The molecular weight excluding hydrogens is 436 g/mol. The van der Waals surface area contributed by atoms with Gasteiger partial charge in [0.1, 0.15) is 5.82 Å². The van der Waals surface area contributed by atoms with Gasteiger partial charge < -0.3 is 9.88 Å². The molecule has 164 valence electrons. The molecule has 0 unspecified atom stereocenters. The fraction of sp³-hybridized carbons (Fsp3) is 0.120. The summed E-state index contributed by atoms with van der Waals surface area (Å²) < 4.78 is 3.68. The molecule has 8 heteroatoms. The number of carbonyl (C=O) groups is 1. The highest BCUT2D eigenvalue weighted by atomic mass is 35.5. The molecule has 5 rings (SSSR count). The van der Waals surface area contributed by atoms with E-state index in [1.165, 1.54) is 0 Å². The molecule has 33 heavy (non-hydrogen) atoms. The van der Waals surface area contributed by atoms with Gasteiger partial charge in [-0.05, 0) is 56.3 Å². The molecule has 1 amide bonds. The number of pyridine rings is 1. The first-order chi connectivity index (χ1) is 15.9. The van der Waals surface area contributed by atoms with Gasteiger partial charge in [0, 0.05) is 41.4 Å². The molecule has 0 bridgehead atoms. The smallest absolute Gasteiger partial charge is 0.256 e. The number of nitrogens with one attached hydrogen (secondary N) is 1. The molecule has 0 saturated carbocycles. The number of imidazole rings is 1. The fourth-order valence-corrected chi connectivity index (χ4v) is 4.07. The van der Waals surface area contributed by atoms with E-state index in [1.54, 1.807) is 29.1 Å². The van der Waals surface area contributed by atoms with E-state index in [0.29, 0.717) is 27.6 Å². The van der Waals surface area contributed by atoms with Crippen LogP contribution in [0, 0.1) is 13.8 Å². The van der Waals surface area contributed by atoms with E-state index in [0.717, 1.165) is 28.2 Å². The summed E-state index contributed by atoms with van der Waals surface area (Å²) in [4.78, 5) is 22.4. The first-order valence-electron chi connectivity index (χ1n) is 10.4. The number of aromatic nitrogens is 5. The van der Waals surface area contributed by atoms with Crippen LogP contribution in [-0.4, -0.2) is 30.2 Å². The van der Waals surface area contributed by atoms with E-state index in [4.69, 9.17) is 16.6 Å². The number of amides is 1. The molecule has 3 heterocycles. The van der Waals surface area contributed by atoms with E-state index >= 15 is 0 Å². The standard InChI is InChI=1S/C25H21ClN6O/c1-15-23-21(14-22(29-24(23)31(3)30-15)17-4-6-18(26)7-5-17)25(33)28-19-8-10-20(11-9-19)32-13-12-27-16(32)2/h4-14H,1-3H3,(H,28,33). The molecule has 0 saturated heterocycles. The zero-order valence-corrected chi connectivity index (χ0v) is 19.1. The van der Waals surface area contributed by atoms with Gasteiger partial charge in [-0.1, -0.05) is 23.7 Å². The number of fused-ring (bicyclic) bond motifs is 1. The SMILES string of the molecule is Cc1nn(C)c2nc(-c3ccc(Cl)cc3)cc(C(=O)Nc3ccc(-n4ccnc4C)cc3)c12. The van der Waals surface area contributed by atoms with Crippen LogP contribution < -0.4 is 5.32 Å². The Hall–Kier alpha value is -3.97. The van der Waals surface area contributed by atoms with Crippen molar-refractivity contribution in [2.45, 2.75) is 13.8 Å². The minimum absolute atomic E-state index is 0.222. The van der Waals surface area contributed by atoms with E-state index in [1.807, 2.05) is 68.1 Å². The first kappa shape index (κ1) is 20.9. The maximum absolute atomic E-state index is 13.4. The van der Waals surface area contributed by atoms with Crippen LogP contribution in [0.4, 0.5) is 5.69 Å². The Morgan fingerprint density at radius 3 is 2.42 bits per heavy atom. The Morgan fingerprint density at radius 1 is 1.03 bits per heavy atom. The largest absolute Gasteiger partial charge is 0.322 e. The molecule has 0 aliphatic carbocycles. The third kappa shape index (κ3) is 3.87. The number of aryl methyl sites for hydroxylation is 3. The Morgan fingerprint density at radius 2 is 1.76 bits per heavy atom. The molecular formula is C25H21ClN6O. The second-order valence-electron chi connectivity index (χ2n) is 7.82. The number of halogens is 1. The number of hydrogen-bond acceptors (Lipinski definition) is 4. The lowest BCUT2D eigenvalue weighted by Crippen LogP contribution is -2.13. The third-order valence-electron chi connectivity index (χ3n) is 5.58. The summed E-state index contributed by atoms with van der Waals surface area (Å²) in [5.74, 6) is 0.674.